The number of nitrogens with two attached hydrogens (primary N) is 1. The van der Waals surface area contributed by atoms with Crippen molar-refractivity contribution >= 4 is 11.7 Å². The molecule has 1 rings (SSSR count). The van der Waals surface area contributed by atoms with Crippen LogP contribution in [0.1, 0.15) is 33.6 Å². The van der Waals surface area contributed by atoms with Gasteiger partial charge in [-0.05, 0) is 31.3 Å². The van der Waals surface area contributed by atoms with Crippen molar-refractivity contribution in [3.63, 3.8) is 0 Å². The molecule has 0 aromatic rings. The Labute approximate surface area is 84.2 Å². The van der Waals surface area contributed by atoms with Gasteiger partial charge in [0.2, 0.25) is 0 Å². The van der Waals surface area contributed by atoms with Crippen molar-refractivity contribution in [1.82, 2.24) is 5.43 Å². The third-order valence-corrected chi connectivity index (χ3v) is 2.14. The molecule has 1 aliphatic rings. The Kier molecular flexibility index (Phi) is 2.93. The molecule has 0 bridgehead atoms. The van der Waals surface area contributed by atoms with Gasteiger partial charge in [0.1, 0.15) is 0 Å². The lowest BCUT2D eigenvalue weighted by molar-refractivity contribution is 0.249. The number of amides is 2. The fourth-order valence-electron chi connectivity index (χ4n) is 1.89. The van der Waals surface area contributed by atoms with Gasteiger partial charge >= 0.3 is 6.03 Å². The molecular weight excluding hydrogens is 178 g/mol. The van der Waals surface area contributed by atoms with Gasteiger partial charge in [-0.15, -0.1) is 0 Å². The molecule has 0 radical (unpaired) electrons. The van der Waals surface area contributed by atoms with Gasteiger partial charge in [-0.2, -0.15) is 5.10 Å². The quantitative estimate of drug-likeness (QED) is 0.615. The Morgan fingerprint density at radius 3 is 2.71 bits per heavy atom. The maximum Gasteiger partial charge on any atom is 0.332 e. The van der Waals surface area contributed by atoms with Crippen LogP contribution < -0.4 is 11.2 Å². The van der Waals surface area contributed by atoms with E-state index in [-0.39, 0.29) is 5.41 Å². The van der Waals surface area contributed by atoms with E-state index < -0.39 is 6.03 Å². The summed E-state index contributed by atoms with van der Waals surface area (Å²) in [5, 5.41) is 3.94. The minimum Gasteiger partial charge on any atom is -0.350 e. The Bertz CT molecular complexity index is 302. The van der Waals surface area contributed by atoms with E-state index in [4.69, 9.17) is 5.73 Å². The van der Waals surface area contributed by atoms with Crippen LogP contribution in [-0.2, 0) is 0 Å². The van der Waals surface area contributed by atoms with Crippen molar-refractivity contribution in [3.05, 3.63) is 11.6 Å². The van der Waals surface area contributed by atoms with Gasteiger partial charge in [0.05, 0.1) is 5.71 Å². The van der Waals surface area contributed by atoms with Crippen LogP contribution in [0.4, 0.5) is 4.79 Å². The largest absolute Gasteiger partial charge is 0.350 e. The van der Waals surface area contributed by atoms with E-state index in [1.54, 1.807) is 0 Å². The lowest BCUT2D eigenvalue weighted by Crippen LogP contribution is -2.28. The molecule has 0 spiro atoms. The molecule has 0 fully saturated rings. The van der Waals surface area contributed by atoms with E-state index in [2.05, 4.69) is 31.3 Å². The van der Waals surface area contributed by atoms with Gasteiger partial charge in [0, 0.05) is 0 Å². The van der Waals surface area contributed by atoms with Crippen LogP contribution in [0.2, 0.25) is 0 Å². The van der Waals surface area contributed by atoms with Crippen LogP contribution in [0.15, 0.2) is 16.8 Å². The number of allylic oxidation sites excluding steroid dienone is 2. The van der Waals surface area contributed by atoms with Crippen LogP contribution in [0, 0.1) is 5.41 Å². The highest BCUT2D eigenvalue weighted by Gasteiger charge is 2.24. The fraction of sp³-hybridized carbons (Fsp3) is 0.600. The number of nitrogens with zero attached hydrogens (tertiary/aromatic N) is 1. The first kappa shape index (κ1) is 10.8. The molecule has 4 heteroatoms. The molecule has 0 aliphatic heterocycles. The highest BCUT2D eigenvalue weighted by molar-refractivity contribution is 5.97. The van der Waals surface area contributed by atoms with Crippen LogP contribution >= 0.6 is 0 Å². The summed E-state index contributed by atoms with van der Waals surface area (Å²) >= 11 is 0. The summed E-state index contributed by atoms with van der Waals surface area (Å²) in [5.41, 5.74) is 9.58. The zero-order chi connectivity index (χ0) is 10.8. The molecular formula is C10H17N3O. The number of hydrazone groups is 1. The van der Waals surface area contributed by atoms with Gasteiger partial charge in [-0.25, -0.2) is 10.2 Å². The van der Waals surface area contributed by atoms with Crippen molar-refractivity contribution < 1.29 is 4.79 Å². The van der Waals surface area contributed by atoms with Crippen molar-refractivity contribution in [2.45, 2.75) is 33.6 Å². The van der Waals surface area contributed by atoms with Gasteiger partial charge in [-0.3, -0.25) is 0 Å². The average Bonchev–Trinajstić information content (AvgIpc) is 1.96. The molecule has 0 saturated carbocycles. The Morgan fingerprint density at radius 2 is 2.21 bits per heavy atom. The zero-order valence-corrected chi connectivity index (χ0v) is 8.92. The molecule has 2 amide bonds. The normalized spacial score (nSPS) is 23.1. The topological polar surface area (TPSA) is 67.5 Å². The molecule has 1 aliphatic carbocycles. The number of carbonyl (C=O) groups is 1. The number of hydrogen-bond donors (Lipinski definition) is 2. The fourth-order valence-corrected chi connectivity index (χ4v) is 1.89. The maximum atomic E-state index is 10.5. The maximum absolute atomic E-state index is 10.5. The van der Waals surface area contributed by atoms with Crippen LogP contribution in [0.25, 0.3) is 0 Å². The van der Waals surface area contributed by atoms with Crippen molar-refractivity contribution in [2.24, 2.45) is 16.3 Å². The predicted octanol–water partition coefficient (Wildman–Crippen LogP) is 1.78. The minimum atomic E-state index is -0.619. The summed E-state index contributed by atoms with van der Waals surface area (Å²) in [6.45, 7) is 6.44. The van der Waals surface area contributed by atoms with Crippen molar-refractivity contribution in [3.8, 4) is 0 Å². The van der Waals surface area contributed by atoms with Gasteiger partial charge < -0.3 is 5.73 Å². The summed E-state index contributed by atoms with van der Waals surface area (Å²) in [4.78, 5) is 10.5. The molecule has 0 aromatic carbocycles. The number of urea groups is 1. The molecule has 0 saturated heterocycles. The third-order valence-electron chi connectivity index (χ3n) is 2.14. The van der Waals surface area contributed by atoms with Crippen LogP contribution in [0.5, 0.6) is 0 Å². The summed E-state index contributed by atoms with van der Waals surface area (Å²) in [6.07, 6.45) is 3.94. The van der Waals surface area contributed by atoms with E-state index in [9.17, 15) is 4.79 Å². The Morgan fingerprint density at radius 1 is 1.57 bits per heavy atom. The molecule has 0 heterocycles. The van der Waals surface area contributed by atoms with Crippen molar-refractivity contribution in [1.29, 1.82) is 0 Å². The minimum absolute atomic E-state index is 0.219. The van der Waals surface area contributed by atoms with E-state index >= 15 is 0 Å². The standard InChI is InChI=1S/C10H17N3O/c1-7-4-8(12-13-9(11)14)6-10(2,3)5-7/h4H,5-6H2,1-3H3,(H3,11,13,14). The first-order valence-corrected chi connectivity index (χ1v) is 4.68. The molecule has 0 aromatic heterocycles. The molecule has 0 atom stereocenters. The monoisotopic (exact) mass is 195 g/mol. The summed E-state index contributed by atoms with van der Waals surface area (Å²) < 4.78 is 0. The first-order chi connectivity index (χ1) is 6.39. The highest BCUT2D eigenvalue weighted by atomic mass is 16.2. The summed E-state index contributed by atoms with van der Waals surface area (Å²) in [7, 11) is 0. The second-order valence-electron chi connectivity index (χ2n) is 4.59. The second-order valence-corrected chi connectivity index (χ2v) is 4.59. The third kappa shape index (κ3) is 3.20. The lowest BCUT2D eigenvalue weighted by atomic mass is 9.77. The molecule has 0 unspecified atom stereocenters. The van der Waals surface area contributed by atoms with E-state index in [1.807, 2.05) is 6.08 Å². The van der Waals surface area contributed by atoms with E-state index in [0.29, 0.717) is 0 Å². The number of rotatable bonds is 1. The SMILES string of the molecule is CC1=CC(=NNC(N)=O)CC(C)(C)C1. The van der Waals surface area contributed by atoms with Gasteiger partial charge in [0.15, 0.2) is 0 Å². The summed E-state index contributed by atoms with van der Waals surface area (Å²) in [5.74, 6) is 0. The molecule has 78 valence electrons. The Hall–Kier alpha value is -1.32. The summed E-state index contributed by atoms with van der Waals surface area (Å²) in [6, 6.07) is -0.619. The highest BCUT2D eigenvalue weighted by Crippen LogP contribution is 2.33. The zero-order valence-electron chi connectivity index (χ0n) is 8.92. The van der Waals surface area contributed by atoms with E-state index in [1.165, 1.54) is 5.57 Å². The molecule has 14 heavy (non-hydrogen) atoms. The smallest absolute Gasteiger partial charge is 0.332 e. The van der Waals surface area contributed by atoms with Gasteiger partial charge in [0.25, 0.3) is 0 Å². The van der Waals surface area contributed by atoms with Crippen LogP contribution in [-0.4, -0.2) is 11.7 Å². The van der Waals surface area contributed by atoms with Crippen molar-refractivity contribution in [2.75, 3.05) is 0 Å². The van der Waals surface area contributed by atoms with Gasteiger partial charge in [-0.1, -0.05) is 19.4 Å². The number of hydrogen-bond acceptors (Lipinski definition) is 2. The first-order valence-electron chi connectivity index (χ1n) is 4.68. The lowest BCUT2D eigenvalue weighted by Gasteiger charge is -2.29. The Balaban J connectivity index is 2.76. The molecule has 4 nitrogen and oxygen atoms in total. The van der Waals surface area contributed by atoms with Crippen LogP contribution in [0.3, 0.4) is 0 Å². The predicted molar refractivity (Wildman–Crippen MR) is 56.9 cm³/mol. The number of nitrogens with one attached hydrogen (secondary N) is 1. The van der Waals surface area contributed by atoms with E-state index in [0.717, 1.165) is 18.6 Å². The number of primary amides is 1. The number of carbonyl (C=O) groups excluding carboxylic acids is 1. The molecule has 3 N–H and O–H groups in total. The second kappa shape index (κ2) is 3.82. The average molecular weight is 195 g/mol.